The van der Waals surface area contributed by atoms with E-state index in [1.54, 1.807) is 6.20 Å². The van der Waals surface area contributed by atoms with Crippen LogP contribution in [-0.4, -0.2) is 23.5 Å². The molecule has 0 unspecified atom stereocenters. The SMILES string of the molecule is CSCCCNCc1cncc(F)c1. The highest BCUT2D eigenvalue weighted by Gasteiger charge is 1.95. The van der Waals surface area contributed by atoms with Crippen LogP contribution in [0.1, 0.15) is 12.0 Å². The van der Waals surface area contributed by atoms with Crippen molar-refractivity contribution in [1.82, 2.24) is 10.3 Å². The Bertz CT molecular complexity index is 268. The van der Waals surface area contributed by atoms with Crippen LogP contribution in [0.25, 0.3) is 0 Å². The van der Waals surface area contributed by atoms with E-state index in [9.17, 15) is 4.39 Å². The fraction of sp³-hybridized carbons (Fsp3) is 0.500. The zero-order valence-corrected chi connectivity index (χ0v) is 9.11. The molecule has 0 aliphatic rings. The summed E-state index contributed by atoms with van der Waals surface area (Å²) in [5, 5.41) is 3.24. The summed E-state index contributed by atoms with van der Waals surface area (Å²) in [6.07, 6.45) is 6.14. The van der Waals surface area contributed by atoms with E-state index >= 15 is 0 Å². The van der Waals surface area contributed by atoms with Crippen molar-refractivity contribution in [3.8, 4) is 0 Å². The minimum atomic E-state index is -0.270. The van der Waals surface area contributed by atoms with Gasteiger partial charge in [0.05, 0.1) is 6.20 Å². The lowest BCUT2D eigenvalue weighted by Crippen LogP contribution is -2.15. The Hall–Kier alpha value is -0.610. The van der Waals surface area contributed by atoms with Crippen molar-refractivity contribution < 1.29 is 4.39 Å². The summed E-state index contributed by atoms with van der Waals surface area (Å²) in [6.45, 7) is 1.66. The predicted molar refractivity (Wildman–Crippen MR) is 58.9 cm³/mol. The largest absolute Gasteiger partial charge is 0.313 e. The second kappa shape index (κ2) is 6.79. The lowest BCUT2D eigenvalue weighted by atomic mass is 10.3. The molecule has 0 aliphatic heterocycles. The number of hydrogen-bond donors (Lipinski definition) is 1. The maximum atomic E-state index is 12.7. The average molecular weight is 214 g/mol. The first-order valence-corrected chi connectivity index (χ1v) is 6.01. The summed E-state index contributed by atoms with van der Waals surface area (Å²) in [4.78, 5) is 3.78. The number of halogens is 1. The molecule has 0 saturated carbocycles. The van der Waals surface area contributed by atoms with E-state index in [1.165, 1.54) is 12.3 Å². The van der Waals surface area contributed by atoms with Crippen LogP contribution in [0.2, 0.25) is 0 Å². The molecule has 0 spiro atoms. The minimum absolute atomic E-state index is 0.270. The monoisotopic (exact) mass is 214 g/mol. The molecule has 1 rings (SSSR count). The van der Waals surface area contributed by atoms with Crippen molar-refractivity contribution in [2.45, 2.75) is 13.0 Å². The smallest absolute Gasteiger partial charge is 0.141 e. The van der Waals surface area contributed by atoms with Crippen molar-refractivity contribution >= 4 is 11.8 Å². The number of hydrogen-bond acceptors (Lipinski definition) is 3. The van der Waals surface area contributed by atoms with E-state index in [2.05, 4.69) is 16.6 Å². The average Bonchev–Trinajstić information content (AvgIpc) is 2.18. The molecule has 1 heterocycles. The molecule has 0 amide bonds. The Kier molecular flexibility index (Phi) is 5.56. The molecule has 0 aromatic carbocycles. The van der Waals surface area contributed by atoms with Crippen LogP contribution in [-0.2, 0) is 6.54 Å². The van der Waals surface area contributed by atoms with Gasteiger partial charge in [-0.3, -0.25) is 4.98 Å². The van der Waals surface area contributed by atoms with Crippen molar-refractivity contribution in [2.75, 3.05) is 18.6 Å². The molecule has 1 aromatic heterocycles. The number of pyridine rings is 1. The van der Waals surface area contributed by atoms with Gasteiger partial charge in [-0.2, -0.15) is 11.8 Å². The minimum Gasteiger partial charge on any atom is -0.313 e. The Morgan fingerprint density at radius 3 is 3.07 bits per heavy atom. The lowest BCUT2D eigenvalue weighted by molar-refractivity contribution is 0.612. The molecule has 2 nitrogen and oxygen atoms in total. The fourth-order valence-electron chi connectivity index (χ4n) is 1.13. The van der Waals surface area contributed by atoms with Crippen molar-refractivity contribution in [2.24, 2.45) is 0 Å². The summed E-state index contributed by atoms with van der Waals surface area (Å²) in [5.74, 6) is 0.891. The Labute approximate surface area is 88.3 Å². The number of aromatic nitrogens is 1. The maximum absolute atomic E-state index is 12.7. The third-order valence-corrected chi connectivity index (χ3v) is 2.49. The first kappa shape index (κ1) is 11.5. The van der Waals surface area contributed by atoms with Crippen LogP contribution in [0, 0.1) is 5.82 Å². The Morgan fingerprint density at radius 2 is 2.36 bits per heavy atom. The molecule has 0 atom stereocenters. The van der Waals surface area contributed by atoms with Gasteiger partial charge in [-0.1, -0.05) is 0 Å². The highest BCUT2D eigenvalue weighted by molar-refractivity contribution is 7.98. The molecule has 0 radical (unpaired) electrons. The van der Waals surface area contributed by atoms with E-state index in [4.69, 9.17) is 0 Å². The highest BCUT2D eigenvalue weighted by atomic mass is 32.2. The lowest BCUT2D eigenvalue weighted by Gasteiger charge is -2.03. The van der Waals surface area contributed by atoms with Gasteiger partial charge in [0.25, 0.3) is 0 Å². The molecule has 4 heteroatoms. The second-order valence-electron chi connectivity index (χ2n) is 3.03. The first-order chi connectivity index (χ1) is 6.83. The van der Waals surface area contributed by atoms with E-state index in [1.807, 2.05) is 11.8 Å². The van der Waals surface area contributed by atoms with Crippen molar-refractivity contribution in [3.63, 3.8) is 0 Å². The van der Waals surface area contributed by atoms with E-state index < -0.39 is 0 Å². The maximum Gasteiger partial charge on any atom is 0.141 e. The van der Waals surface area contributed by atoms with Crippen LogP contribution < -0.4 is 5.32 Å². The van der Waals surface area contributed by atoms with Crippen LogP contribution in [0.4, 0.5) is 4.39 Å². The molecule has 1 aromatic rings. The first-order valence-electron chi connectivity index (χ1n) is 4.62. The number of nitrogens with one attached hydrogen (secondary N) is 1. The van der Waals surface area contributed by atoms with Crippen molar-refractivity contribution in [3.05, 3.63) is 29.8 Å². The van der Waals surface area contributed by atoms with Gasteiger partial charge in [0, 0.05) is 12.7 Å². The van der Waals surface area contributed by atoms with E-state index in [0.717, 1.165) is 24.3 Å². The third-order valence-electron chi connectivity index (χ3n) is 1.79. The van der Waals surface area contributed by atoms with Gasteiger partial charge < -0.3 is 5.32 Å². The zero-order valence-electron chi connectivity index (χ0n) is 8.29. The molecular formula is C10H15FN2S. The highest BCUT2D eigenvalue weighted by Crippen LogP contribution is 2.00. The van der Waals surface area contributed by atoms with Gasteiger partial charge in [0.1, 0.15) is 5.82 Å². The molecule has 0 fully saturated rings. The van der Waals surface area contributed by atoms with E-state index in [0.29, 0.717) is 6.54 Å². The standard InChI is InChI=1S/C10H15FN2S/c1-14-4-2-3-12-6-9-5-10(11)8-13-7-9/h5,7-8,12H,2-4,6H2,1H3. The molecule has 1 N–H and O–H groups in total. The Morgan fingerprint density at radius 1 is 1.50 bits per heavy atom. The van der Waals surface area contributed by atoms with Gasteiger partial charge in [0.2, 0.25) is 0 Å². The summed E-state index contributed by atoms with van der Waals surface area (Å²) in [7, 11) is 0. The third kappa shape index (κ3) is 4.58. The Balaban J connectivity index is 2.18. The van der Waals surface area contributed by atoms with Crippen LogP contribution in [0.3, 0.4) is 0 Å². The van der Waals surface area contributed by atoms with E-state index in [-0.39, 0.29) is 5.82 Å². The van der Waals surface area contributed by atoms with Crippen LogP contribution in [0.15, 0.2) is 18.5 Å². The summed E-state index contributed by atoms with van der Waals surface area (Å²) in [5.41, 5.74) is 0.897. The summed E-state index contributed by atoms with van der Waals surface area (Å²) in [6, 6.07) is 1.51. The molecule has 0 aliphatic carbocycles. The van der Waals surface area contributed by atoms with Gasteiger partial charge in [-0.15, -0.1) is 0 Å². The number of rotatable bonds is 6. The predicted octanol–water partition coefficient (Wildman–Crippen LogP) is 2.06. The van der Waals surface area contributed by atoms with Gasteiger partial charge >= 0.3 is 0 Å². The zero-order chi connectivity index (χ0) is 10.2. The molecule has 78 valence electrons. The molecular weight excluding hydrogens is 199 g/mol. The topological polar surface area (TPSA) is 24.9 Å². The number of thioether (sulfide) groups is 1. The summed E-state index contributed by atoms with van der Waals surface area (Å²) < 4.78 is 12.7. The molecule has 0 bridgehead atoms. The second-order valence-corrected chi connectivity index (χ2v) is 4.02. The van der Waals surface area contributed by atoms with Gasteiger partial charge in [-0.25, -0.2) is 4.39 Å². The van der Waals surface area contributed by atoms with Crippen molar-refractivity contribution in [1.29, 1.82) is 0 Å². The fourth-order valence-corrected chi connectivity index (χ4v) is 1.56. The van der Waals surface area contributed by atoms with Gasteiger partial charge in [0.15, 0.2) is 0 Å². The molecule has 0 saturated heterocycles. The molecule has 14 heavy (non-hydrogen) atoms. The normalized spacial score (nSPS) is 10.4. The van der Waals surface area contributed by atoms with Gasteiger partial charge in [-0.05, 0) is 36.6 Å². The van der Waals surface area contributed by atoms with Crippen LogP contribution >= 0.6 is 11.8 Å². The number of nitrogens with zero attached hydrogens (tertiary/aromatic N) is 1. The summed E-state index contributed by atoms with van der Waals surface area (Å²) >= 11 is 1.84. The van der Waals surface area contributed by atoms with Crippen LogP contribution in [0.5, 0.6) is 0 Å². The quantitative estimate of drug-likeness (QED) is 0.734.